The van der Waals surface area contributed by atoms with Crippen LogP contribution in [0.3, 0.4) is 0 Å². The highest BCUT2D eigenvalue weighted by molar-refractivity contribution is 7.87. The van der Waals surface area contributed by atoms with Crippen LogP contribution in [0.15, 0.2) is 35.6 Å². The molecule has 0 spiro atoms. The predicted molar refractivity (Wildman–Crippen MR) is 78.8 cm³/mol. The molecule has 0 aliphatic rings. The summed E-state index contributed by atoms with van der Waals surface area (Å²) in [6.45, 7) is 0. The molecule has 7 nitrogen and oxygen atoms in total. The third-order valence-electron chi connectivity index (χ3n) is 3.06. The van der Waals surface area contributed by atoms with E-state index in [1.807, 2.05) is 0 Å². The Balaban J connectivity index is 2.58. The minimum atomic E-state index is -3.86. The zero-order valence-electron chi connectivity index (χ0n) is 12.0. The normalized spacial score (nSPS) is 12.4. The number of benzene rings is 1. The Labute approximate surface area is 127 Å². The summed E-state index contributed by atoms with van der Waals surface area (Å²) in [5.74, 6) is -0.454. The van der Waals surface area contributed by atoms with Crippen molar-refractivity contribution in [3.8, 4) is 0 Å². The first kappa shape index (κ1) is 16.1. The van der Waals surface area contributed by atoms with E-state index in [4.69, 9.17) is 5.21 Å². The number of halogens is 1. The van der Waals surface area contributed by atoms with Gasteiger partial charge in [0.2, 0.25) is 0 Å². The number of hydrogen-bond donors (Lipinski definition) is 1. The van der Waals surface area contributed by atoms with Gasteiger partial charge in [0.15, 0.2) is 0 Å². The second kappa shape index (κ2) is 6.24. The van der Waals surface area contributed by atoms with Gasteiger partial charge >= 0.3 is 10.2 Å². The first-order valence-electron chi connectivity index (χ1n) is 6.28. The second-order valence-electron chi connectivity index (χ2n) is 4.69. The Morgan fingerprint density at radius 2 is 2.09 bits per heavy atom. The van der Waals surface area contributed by atoms with Crippen LogP contribution in [0.25, 0.3) is 0 Å². The Bertz CT molecular complexity index is 799. The van der Waals surface area contributed by atoms with Crippen LogP contribution in [-0.2, 0) is 16.6 Å². The highest BCUT2D eigenvalue weighted by Gasteiger charge is 2.24. The summed E-state index contributed by atoms with van der Waals surface area (Å²) in [6.07, 6.45) is 2.29. The molecular formula is C13H15FN4O3S. The molecule has 2 rings (SSSR count). The lowest BCUT2D eigenvalue weighted by Gasteiger charge is -2.14. The van der Waals surface area contributed by atoms with E-state index >= 15 is 0 Å². The molecule has 0 bridgehead atoms. The Morgan fingerprint density at radius 3 is 2.68 bits per heavy atom. The fraction of sp³-hybridized carbons (Fsp3) is 0.231. The van der Waals surface area contributed by atoms with Crippen LogP contribution in [0.2, 0.25) is 0 Å². The summed E-state index contributed by atoms with van der Waals surface area (Å²) in [5, 5.41) is 15.4. The molecule has 0 aliphatic heterocycles. The van der Waals surface area contributed by atoms with Gasteiger partial charge in [-0.05, 0) is 11.6 Å². The lowest BCUT2D eigenvalue weighted by molar-refractivity contribution is 0.322. The Hall–Kier alpha value is -2.26. The molecule has 118 valence electrons. The molecule has 0 fully saturated rings. The fourth-order valence-corrected chi connectivity index (χ4v) is 2.81. The molecule has 22 heavy (non-hydrogen) atoms. The first-order chi connectivity index (χ1) is 10.4. The van der Waals surface area contributed by atoms with Crippen molar-refractivity contribution in [2.24, 2.45) is 5.16 Å². The maximum Gasteiger partial charge on any atom is 0.322 e. The van der Waals surface area contributed by atoms with Gasteiger partial charge in [0.05, 0.1) is 18.1 Å². The van der Waals surface area contributed by atoms with Crippen LogP contribution in [0.5, 0.6) is 0 Å². The molecule has 1 aromatic carbocycles. The molecule has 0 saturated carbocycles. The van der Waals surface area contributed by atoms with E-state index in [1.54, 1.807) is 18.2 Å². The molecule has 1 N–H and O–H groups in total. The van der Waals surface area contributed by atoms with Crippen molar-refractivity contribution in [2.75, 3.05) is 14.1 Å². The van der Waals surface area contributed by atoms with Crippen molar-refractivity contribution in [3.63, 3.8) is 0 Å². The number of rotatable bonds is 5. The van der Waals surface area contributed by atoms with Crippen LogP contribution in [-0.4, -0.2) is 47.4 Å². The van der Waals surface area contributed by atoms with E-state index in [9.17, 15) is 12.8 Å². The molecule has 2 aromatic rings. The SMILES string of the molecule is CN(C)S(=O)(=O)n1ncc(/C=N\O)c1Cc1ccccc1F. The van der Waals surface area contributed by atoms with E-state index in [0.29, 0.717) is 5.56 Å². The van der Waals surface area contributed by atoms with E-state index in [2.05, 4.69) is 10.3 Å². The quantitative estimate of drug-likeness (QED) is 0.506. The van der Waals surface area contributed by atoms with Gasteiger partial charge in [-0.25, -0.2) is 4.39 Å². The van der Waals surface area contributed by atoms with Crippen LogP contribution >= 0.6 is 0 Å². The summed E-state index contributed by atoms with van der Waals surface area (Å²) in [5.41, 5.74) is 0.804. The maximum absolute atomic E-state index is 13.8. The highest BCUT2D eigenvalue weighted by Crippen LogP contribution is 2.18. The Morgan fingerprint density at radius 1 is 1.41 bits per heavy atom. The number of hydrogen-bond acceptors (Lipinski definition) is 5. The first-order valence-corrected chi connectivity index (χ1v) is 7.68. The lowest BCUT2D eigenvalue weighted by Crippen LogP contribution is -2.31. The third-order valence-corrected chi connectivity index (χ3v) is 4.73. The van der Waals surface area contributed by atoms with Gasteiger partial charge in [-0.3, -0.25) is 0 Å². The summed E-state index contributed by atoms with van der Waals surface area (Å²) in [7, 11) is -1.14. The molecule has 1 aromatic heterocycles. The van der Waals surface area contributed by atoms with Gasteiger partial charge in [0, 0.05) is 26.1 Å². The molecule has 1 heterocycles. The minimum absolute atomic E-state index is 0.0128. The molecule has 0 atom stereocenters. The average Bonchev–Trinajstić information content (AvgIpc) is 2.85. The van der Waals surface area contributed by atoms with E-state index in [0.717, 1.165) is 14.6 Å². The van der Waals surface area contributed by atoms with Crippen LogP contribution in [0, 0.1) is 5.82 Å². The van der Waals surface area contributed by atoms with Crippen molar-refractivity contribution in [2.45, 2.75) is 6.42 Å². The van der Waals surface area contributed by atoms with Crippen LogP contribution < -0.4 is 0 Å². The van der Waals surface area contributed by atoms with Gasteiger partial charge in [0.1, 0.15) is 5.82 Å². The lowest BCUT2D eigenvalue weighted by atomic mass is 10.1. The standard InChI is InChI=1S/C13H15FN4O3S/c1-17(2)22(20,21)18-13(11(8-15-18)9-16-19)7-10-5-3-4-6-12(10)14/h3-6,8-9,19H,7H2,1-2H3/b16-9-. The smallest absolute Gasteiger partial charge is 0.322 e. The van der Waals surface area contributed by atoms with Crippen LogP contribution in [0.4, 0.5) is 4.39 Å². The molecule has 0 radical (unpaired) electrons. The topological polar surface area (TPSA) is 87.8 Å². The van der Waals surface area contributed by atoms with Crippen LogP contribution in [0.1, 0.15) is 16.8 Å². The maximum atomic E-state index is 13.8. The molecule has 0 aliphatic carbocycles. The summed E-state index contributed by atoms with van der Waals surface area (Å²) < 4.78 is 40.1. The van der Waals surface area contributed by atoms with Crippen molar-refractivity contribution < 1.29 is 18.0 Å². The second-order valence-corrected chi connectivity index (χ2v) is 6.66. The van der Waals surface area contributed by atoms with Crippen molar-refractivity contribution in [1.82, 2.24) is 13.5 Å². The molecule has 0 saturated heterocycles. The average molecular weight is 326 g/mol. The monoisotopic (exact) mass is 326 g/mol. The van der Waals surface area contributed by atoms with E-state index < -0.39 is 16.0 Å². The molecule has 9 heteroatoms. The van der Waals surface area contributed by atoms with Gasteiger partial charge in [-0.1, -0.05) is 23.4 Å². The van der Waals surface area contributed by atoms with Gasteiger partial charge in [-0.2, -0.15) is 17.8 Å². The molecule has 0 unspecified atom stereocenters. The Kier molecular flexibility index (Phi) is 4.57. The predicted octanol–water partition coefficient (Wildman–Crippen LogP) is 1.08. The van der Waals surface area contributed by atoms with Crippen molar-refractivity contribution in [3.05, 3.63) is 53.1 Å². The van der Waals surface area contributed by atoms with Gasteiger partial charge < -0.3 is 5.21 Å². The minimum Gasteiger partial charge on any atom is -0.411 e. The summed E-state index contributed by atoms with van der Waals surface area (Å²) >= 11 is 0. The molecular weight excluding hydrogens is 311 g/mol. The zero-order chi connectivity index (χ0) is 16.3. The molecule has 0 amide bonds. The number of aromatic nitrogens is 2. The summed E-state index contributed by atoms with van der Waals surface area (Å²) in [4.78, 5) is 0. The van der Waals surface area contributed by atoms with Crippen molar-refractivity contribution >= 4 is 16.4 Å². The largest absolute Gasteiger partial charge is 0.411 e. The third kappa shape index (κ3) is 3.00. The number of oxime groups is 1. The summed E-state index contributed by atoms with van der Waals surface area (Å²) in [6, 6.07) is 6.03. The fourth-order valence-electron chi connectivity index (χ4n) is 1.88. The van der Waals surface area contributed by atoms with E-state index in [-0.39, 0.29) is 17.7 Å². The number of nitrogens with zero attached hydrogens (tertiary/aromatic N) is 4. The highest BCUT2D eigenvalue weighted by atomic mass is 32.2. The van der Waals surface area contributed by atoms with Gasteiger partial charge in [0.25, 0.3) is 0 Å². The van der Waals surface area contributed by atoms with Crippen molar-refractivity contribution in [1.29, 1.82) is 0 Å². The van der Waals surface area contributed by atoms with E-state index in [1.165, 1.54) is 26.4 Å². The zero-order valence-corrected chi connectivity index (χ0v) is 12.8. The van der Waals surface area contributed by atoms with Gasteiger partial charge in [-0.15, -0.1) is 4.09 Å².